The average Bonchev–Trinajstić information content (AvgIpc) is 2.87. The van der Waals surface area contributed by atoms with Gasteiger partial charge in [0, 0.05) is 36.1 Å². The van der Waals surface area contributed by atoms with Crippen molar-refractivity contribution in [1.29, 1.82) is 0 Å². The second-order valence-corrected chi connectivity index (χ2v) is 7.47. The fourth-order valence-corrected chi connectivity index (χ4v) is 3.70. The van der Waals surface area contributed by atoms with Crippen LogP contribution in [-0.4, -0.2) is 34.1 Å². The maximum atomic E-state index is 4.66. The first-order chi connectivity index (χ1) is 9.47. The number of nitrogens with one attached hydrogen (secondary N) is 1. The molecular formula is C16H29N3S. The predicted octanol–water partition coefficient (Wildman–Crippen LogP) is 3.58. The zero-order chi connectivity index (χ0) is 14.8. The second kappa shape index (κ2) is 6.12. The van der Waals surface area contributed by atoms with Gasteiger partial charge in [0.1, 0.15) is 0 Å². The smallest absolute Gasteiger partial charge is 0.0897 e. The number of rotatable bonds is 5. The Morgan fingerprint density at radius 3 is 2.50 bits per heavy atom. The first kappa shape index (κ1) is 15.9. The van der Waals surface area contributed by atoms with Gasteiger partial charge in [0.2, 0.25) is 0 Å². The molecule has 0 bridgehead atoms. The third kappa shape index (κ3) is 3.07. The highest BCUT2D eigenvalue weighted by Crippen LogP contribution is 2.31. The van der Waals surface area contributed by atoms with Crippen molar-refractivity contribution in [3.8, 4) is 0 Å². The maximum absolute atomic E-state index is 4.66. The number of piperazine rings is 1. The van der Waals surface area contributed by atoms with Crippen LogP contribution in [0.2, 0.25) is 0 Å². The zero-order valence-corrected chi connectivity index (χ0v) is 14.4. The molecule has 114 valence electrons. The number of hydrogen-bond acceptors (Lipinski definition) is 4. The molecule has 1 N–H and O–H groups in total. The van der Waals surface area contributed by atoms with E-state index >= 15 is 0 Å². The molecule has 0 aliphatic carbocycles. The molecule has 1 aliphatic rings. The Hall–Kier alpha value is -0.450. The quantitative estimate of drug-likeness (QED) is 0.900. The Morgan fingerprint density at radius 1 is 1.30 bits per heavy atom. The summed E-state index contributed by atoms with van der Waals surface area (Å²) in [5.41, 5.74) is 1.75. The van der Waals surface area contributed by atoms with Gasteiger partial charge in [0.25, 0.3) is 0 Å². The Kier molecular flexibility index (Phi) is 4.88. The second-order valence-electron chi connectivity index (χ2n) is 6.41. The Balaban J connectivity index is 2.19. The standard InChI is InChI=1S/C16H29N3S/c1-6-15(5)11-17-16(7-2,8-3)12-19(15)9-14-10-20-13(4)18-14/h10,17H,6-9,11-12H2,1-5H3. The van der Waals surface area contributed by atoms with Crippen LogP contribution in [0.4, 0.5) is 0 Å². The van der Waals surface area contributed by atoms with Gasteiger partial charge in [-0.25, -0.2) is 4.98 Å². The van der Waals surface area contributed by atoms with E-state index in [1.54, 1.807) is 11.3 Å². The van der Waals surface area contributed by atoms with Gasteiger partial charge in [-0.3, -0.25) is 4.90 Å². The van der Waals surface area contributed by atoms with Crippen molar-refractivity contribution in [2.45, 2.75) is 71.5 Å². The van der Waals surface area contributed by atoms with Gasteiger partial charge in [0.15, 0.2) is 0 Å². The first-order valence-corrected chi connectivity index (χ1v) is 8.76. The van der Waals surface area contributed by atoms with Crippen LogP contribution in [0, 0.1) is 6.92 Å². The van der Waals surface area contributed by atoms with E-state index in [9.17, 15) is 0 Å². The summed E-state index contributed by atoms with van der Waals surface area (Å²) in [6, 6.07) is 0. The molecule has 1 fully saturated rings. The van der Waals surface area contributed by atoms with Crippen molar-refractivity contribution in [3.63, 3.8) is 0 Å². The van der Waals surface area contributed by atoms with Crippen LogP contribution < -0.4 is 5.32 Å². The van der Waals surface area contributed by atoms with Crippen LogP contribution >= 0.6 is 11.3 Å². The minimum Gasteiger partial charge on any atom is -0.308 e. The lowest BCUT2D eigenvalue weighted by Crippen LogP contribution is -2.68. The number of aromatic nitrogens is 1. The van der Waals surface area contributed by atoms with Gasteiger partial charge in [0.05, 0.1) is 10.7 Å². The molecule has 0 radical (unpaired) electrons. The van der Waals surface area contributed by atoms with Gasteiger partial charge >= 0.3 is 0 Å². The van der Waals surface area contributed by atoms with E-state index < -0.39 is 0 Å². The number of thiazole rings is 1. The maximum Gasteiger partial charge on any atom is 0.0897 e. The van der Waals surface area contributed by atoms with Crippen LogP contribution in [0.25, 0.3) is 0 Å². The molecule has 1 aromatic rings. The summed E-state index contributed by atoms with van der Waals surface area (Å²) >= 11 is 1.76. The minimum absolute atomic E-state index is 0.241. The average molecular weight is 295 g/mol. The van der Waals surface area contributed by atoms with Crippen LogP contribution in [0.15, 0.2) is 5.38 Å². The van der Waals surface area contributed by atoms with Gasteiger partial charge in [-0.05, 0) is 33.1 Å². The molecule has 0 amide bonds. The molecule has 0 saturated carbocycles. The number of nitrogens with zero attached hydrogens (tertiary/aromatic N) is 2. The predicted molar refractivity (Wildman–Crippen MR) is 87.3 cm³/mol. The van der Waals surface area contributed by atoms with Gasteiger partial charge in [-0.15, -0.1) is 11.3 Å². The van der Waals surface area contributed by atoms with Crippen LogP contribution in [-0.2, 0) is 6.54 Å². The lowest BCUT2D eigenvalue weighted by Gasteiger charge is -2.53. The summed E-state index contributed by atoms with van der Waals surface area (Å²) in [4.78, 5) is 7.32. The van der Waals surface area contributed by atoms with E-state index in [4.69, 9.17) is 0 Å². The normalized spacial score (nSPS) is 26.9. The van der Waals surface area contributed by atoms with Crippen LogP contribution in [0.1, 0.15) is 57.7 Å². The molecule has 2 rings (SSSR count). The van der Waals surface area contributed by atoms with E-state index in [-0.39, 0.29) is 11.1 Å². The molecule has 1 saturated heterocycles. The fourth-order valence-electron chi connectivity index (χ4n) is 3.10. The van der Waals surface area contributed by atoms with Gasteiger partial charge < -0.3 is 5.32 Å². The van der Waals surface area contributed by atoms with E-state index in [2.05, 4.69) is 55.2 Å². The van der Waals surface area contributed by atoms with Crippen LogP contribution in [0.5, 0.6) is 0 Å². The van der Waals surface area contributed by atoms with Crippen molar-refractivity contribution in [3.05, 3.63) is 16.1 Å². The van der Waals surface area contributed by atoms with Crippen molar-refractivity contribution in [2.24, 2.45) is 0 Å². The van der Waals surface area contributed by atoms with Gasteiger partial charge in [-0.1, -0.05) is 20.8 Å². The monoisotopic (exact) mass is 295 g/mol. The molecule has 1 atom stereocenters. The van der Waals surface area contributed by atoms with E-state index in [1.165, 1.54) is 30.0 Å². The lowest BCUT2D eigenvalue weighted by atomic mass is 9.83. The van der Waals surface area contributed by atoms with Crippen molar-refractivity contribution in [1.82, 2.24) is 15.2 Å². The highest BCUT2D eigenvalue weighted by Gasteiger charge is 2.42. The highest BCUT2D eigenvalue weighted by atomic mass is 32.1. The van der Waals surface area contributed by atoms with Crippen molar-refractivity contribution >= 4 is 11.3 Å². The summed E-state index contributed by atoms with van der Waals surface area (Å²) in [7, 11) is 0. The Bertz CT molecular complexity index is 439. The minimum atomic E-state index is 0.241. The molecule has 2 heterocycles. The van der Waals surface area contributed by atoms with E-state index in [1.807, 2.05) is 0 Å². The molecule has 0 spiro atoms. The Morgan fingerprint density at radius 2 is 2.00 bits per heavy atom. The lowest BCUT2D eigenvalue weighted by molar-refractivity contribution is 0.00202. The highest BCUT2D eigenvalue weighted by molar-refractivity contribution is 7.09. The third-order valence-electron chi connectivity index (χ3n) is 5.24. The van der Waals surface area contributed by atoms with Crippen molar-refractivity contribution in [2.75, 3.05) is 13.1 Å². The molecule has 1 aromatic heterocycles. The van der Waals surface area contributed by atoms with E-state index in [0.29, 0.717) is 0 Å². The molecule has 20 heavy (non-hydrogen) atoms. The fraction of sp³-hybridized carbons (Fsp3) is 0.812. The largest absolute Gasteiger partial charge is 0.308 e. The summed E-state index contributed by atoms with van der Waals surface area (Å²) < 4.78 is 0. The summed E-state index contributed by atoms with van der Waals surface area (Å²) in [6.07, 6.45) is 3.55. The molecule has 1 aliphatic heterocycles. The molecule has 0 aromatic carbocycles. The first-order valence-electron chi connectivity index (χ1n) is 7.88. The Labute approximate surface area is 127 Å². The summed E-state index contributed by atoms with van der Waals surface area (Å²) in [6.45, 7) is 14.6. The third-order valence-corrected chi connectivity index (χ3v) is 6.06. The summed E-state index contributed by atoms with van der Waals surface area (Å²) in [5, 5.41) is 7.22. The number of aryl methyl sites for hydroxylation is 1. The molecule has 4 heteroatoms. The molecule has 1 unspecified atom stereocenters. The molecule has 3 nitrogen and oxygen atoms in total. The van der Waals surface area contributed by atoms with Gasteiger partial charge in [-0.2, -0.15) is 0 Å². The number of hydrogen-bond donors (Lipinski definition) is 1. The van der Waals surface area contributed by atoms with E-state index in [0.717, 1.165) is 19.6 Å². The van der Waals surface area contributed by atoms with Crippen LogP contribution in [0.3, 0.4) is 0 Å². The van der Waals surface area contributed by atoms with Crippen molar-refractivity contribution < 1.29 is 0 Å². The SMILES string of the molecule is CCC1(CC)CN(Cc2csc(C)n2)C(C)(CC)CN1. The zero-order valence-electron chi connectivity index (χ0n) is 13.6. The molecular weight excluding hydrogens is 266 g/mol. The topological polar surface area (TPSA) is 28.2 Å². The summed E-state index contributed by atoms with van der Waals surface area (Å²) in [5.74, 6) is 0.